The van der Waals surface area contributed by atoms with Crippen molar-refractivity contribution in [3.63, 3.8) is 0 Å². The first kappa shape index (κ1) is 12.8. The van der Waals surface area contributed by atoms with E-state index in [1.165, 1.54) is 17.5 Å². The number of halogens is 1. The van der Waals surface area contributed by atoms with Crippen LogP contribution in [0.25, 0.3) is 0 Å². The Morgan fingerprint density at radius 1 is 1.26 bits per heavy atom. The van der Waals surface area contributed by atoms with Gasteiger partial charge in [-0.25, -0.2) is 0 Å². The van der Waals surface area contributed by atoms with Gasteiger partial charge in [-0.2, -0.15) is 0 Å². The molecule has 0 aromatic heterocycles. The van der Waals surface area contributed by atoms with Crippen molar-refractivity contribution < 1.29 is 9.50 Å². The highest BCUT2D eigenvalue weighted by molar-refractivity contribution is 5.92. The minimum absolute atomic E-state index is 0. The fourth-order valence-corrected chi connectivity index (χ4v) is 4.69. The average Bonchev–Trinajstić information content (AvgIpc) is 2.39. The summed E-state index contributed by atoms with van der Waals surface area (Å²) in [5, 5.41) is 3.65. The van der Waals surface area contributed by atoms with Crippen molar-refractivity contribution in [1.29, 1.82) is 0 Å². The van der Waals surface area contributed by atoms with Crippen LogP contribution in [0.5, 0.6) is 0 Å². The van der Waals surface area contributed by atoms with E-state index in [0.29, 0.717) is 17.7 Å². The summed E-state index contributed by atoms with van der Waals surface area (Å²) in [6, 6.07) is 9.17. The van der Waals surface area contributed by atoms with Crippen molar-refractivity contribution >= 4 is 5.78 Å². The zero-order valence-electron chi connectivity index (χ0n) is 11.0. The molecular formula is C16H20FNO. The lowest BCUT2D eigenvalue weighted by atomic mass is 9.52. The van der Waals surface area contributed by atoms with Gasteiger partial charge >= 0.3 is 0 Å². The van der Waals surface area contributed by atoms with Gasteiger partial charge in [0.15, 0.2) is 0 Å². The molecule has 2 nitrogen and oxygen atoms in total. The van der Waals surface area contributed by atoms with Gasteiger partial charge in [0.05, 0.1) is 5.41 Å². The number of fused-ring (bicyclic) bond motifs is 1. The molecule has 1 aromatic rings. The highest BCUT2D eigenvalue weighted by Crippen LogP contribution is 2.51. The maximum atomic E-state index is 12.7. The van der Waals surface area contributed by atoms with E-state index in [1.807, 2.05) is 0 Å². The predicted octanol–water partition coefficient (Wildman–Crippen LogP) is 2.36. The van der Waals surface area contributed by atoms with Crippen LogP contribution in [0.1, 0.15) is 36.8 Å². The molecule has 3 atom stereocenters. The third-order valence-corrected chi connectivity index (χ3v) is 5.40. The molecule has 1 saturated carbocycles. The number of rotatable bonds is 0. The van der Waals surface area contributed by atoms with E-state index in [2.05, 4.69) is 29.6 Å². The summed E-state index contributed by atoms with van der Waals surface area (Å²) >= 11 is 0. The molecule has 0 radical (unpaired) electrons. The number of Topliss-reactive ketones (excluding diaryl/α,β-unsaturated/α-hetero) is 1. The van der Waals surface area contributed by atoms with Gasteiger partial charge in [0.1, 0.15) is 5.78 Å². The Kier molecular flexibility index (Phi) is 2.97. The Labute approximate surface area is 113 Å². The summed E-state index contributed by atoms with van der Waals surface area (Å²) < 4.78 is 0. The quantitative estimate of drug-likeness (QED) is 0.777. The largest absolute Gasteiger partial charge is 0.313 e. The second-order valence-corrected chi connectivity index (χ2v) is 6.07. The zero-order chi connectivity index (χ0) is 12.2. The number of carbonyl (C=O) groups excluding carboxylic acids is 1. The summed E-state index contributed by atoms with van der Waals surface area (Å²) in [6.45, 7) is 1.00. The highest BCUT2D eigenvalue weighted by atomic mass is 19.0. The minimum Gasteiger partial charge on any atom is -0.313 e. The van der Waals surface area contributed by atoms with E-state index in [9.17, 15) is 4.79 Å². The van der Waals surface area contributed by atoms with E-state index < -0.39 is 0 Å². The second-order valence-electron chi connectivity index (χ2n) is 6.07. The fourth-order valence-electron chi connectivity index (χ4n) is 4.69. The molecule has 102 valence electrons. The Bertz CT molecular complexity index is 515. The molecule has 3 aliphatic rings. The van der Waals surface area contributed by atoms with Crippen LogP contribution in [0.3, 0.4) is 0 Å². The molecule has 3 heteroatoms. The Morgan fingerprint density at radius 2 is 2.11 bits per heavy atom. The third kappa shape index (κ3) is 1.54. The molecule has 1 aromatic carbocycles. The lowest BCUT2D eigenvalue weighted by Crippen LogP contribution is -2.62. The topological polar surface area (TPSA) is 29.1 Å². The van der Waals surface area contributed by atoms with Crippen molar-refractivity contribution in [3.8, 4) is 0 Å². The van der Waals surface area contributed by atoms with E-state index in [1.54, 1.807) is 0 Å². The van der Waals surface area contributed by atoms with Crippen molar-refractivity contribution in [2.45, 2.75) is 43.6 Å². The first-order chi connectivity index (χ1) is 8.82. The van der Waals surface area contributed by atoms with Crippen LogP contribution in [0.2, 0.25) is 0 Å². The summed E-state index contributed by atoms with van der Waals surface area (Å²) in [4.78, 5) is 12.7. The Morgan fingerprint density at radius 3 is 3.00 bits per heavy atom. The van der Waals surface area contributed by atoms with Gasteiger partial charge < -0.3 is 5.32 Å². The predicted molar refractivity (Wildman–Crippen MR) is 73.1 cm³/mol. The lowest BCUT2D eigenvalue weighted by molar-refractivity contribution is -0.132. The van der Waals surface area contributed by atoms with Crippen LogP contribution in [0, 0.1) is 5.92 Å². The average molecular weight is 261 g/mol. The van der Waals surface area contributed by atoms with Crippen LogP contribution in [0.15, 0.2) is 24.3 Å². The van der Waals surface area contributed by atoms with Gasteiger partial charge in [-0.05, 0) is 49.3 Å². The van der Waals surface area contributed by atoms with E-state index in [-0.39, 0.29) is 10.1 Å². The molecule has 1 aliphatic heterocycles. The van der Waals surface area contributed by atoms with Gasteiger partial charge in [0.2, 0.25) is 0 Å². The van der Waals surface area contributed by atoms with E-state index in [4.69, 9.17) is 0 Å². The Balaban J connectivity index is 0.00000110. The van der Waals surface area contributed by atoms with Crippen LogP contribution in [-0.2, 0) is 16.6 Å². The first-order valence-corrected chi connectivity index (χ1v) is 7.17. The maximum Gasteiger partial charge on any atom is 0.143 e. The normalized spacial score (nSPS) is 35.9. The van der Waals surface area contributed by atoms with Gasteiger partial charge in [-0.3, -0.25) is 9.50 Å². The number of ketones is 1. The Hall–Kier alpha value is -1.22. The number of nitrogens with one attached hydrogen (secondary N) is 1. The second kappa shape index (κ2) is 4.41. The number of piperidine rings is 1. The lowest BCUT2D eigenvalue weighted by Gasteiger charge is -2.54. The molecule has 2 bridgehead atoms. The van der Waals surface area contributed by atoms with Crippen molar-refractivity contribution in [2.75, 3.05) is 6.54 Å². The van der Waals surface area contributed by atoms with Crippen LogP contribution >= 0.6 is 0 Å². The van der Waals surface area contributed by atoms with Gasteiger partial charge in [0, 0.05) is 12.5 Å². The maximum absolute atomic E-state index is 12.7. The van der Waals surface area contributed by atoms with Crippen molar-refractivity contribution in [3.05, 3.63) is 35.4 Å². The molecule has 1 N–H and O–H groups in total. The minimum atomic E-state index is -0.136. The van der Waals surface area contributed by atoms with Gasteiger partial charge in [0.25, 0.3) is 0 Å². The highest BCUT2D eigenvalue weighted by Gasteiger charge is 2.55. The molecular weight excluding hydrogens is 241 g/mol. The van der Waals surface area contributed by atoms with Crippen LogP contribution in [-0.4, -0.2) is 18.4 Å². The number of carbonyl (C=O) groups is 1. The molecule has 4 rings (SSSR count). The smallest absolute Gasteiger partial charge is 0.143 e. The summed E-state index contributed by atoms with van der Waals surface area (Å²) in [7, 11) is 0. The van der Waals surface area contributed by atoms with Crippen molar-refractivity contribution in [2.24, 2.45) is 5.92 Å². The zero-order valence-corrected chi connectivity index (χ0v) is 11.0. The fraction of sp³-hybridized carbons (Fsp3) is 0.562. The number of benzene rings is 1. The van der Waals surface area contributed by atoms with E-state index >= 15 is 0 Å². The van der Waals surface area contributed by atoms with Crippen LogP contribution < -0.4 is 5.32 Å². The molecule has 0 amide bonds. The molecule has 2 fully saturated rings. The first-order valence-electron chi connectivity index (χ1n) is 7.17. The molecule has 0 unspecified atom stereocenters. The molecule has 1 saturated heterocycles. The number of hydrogen-bond donors (Lipinski definition) is 1. The van der Waals surface area contributed by atoms with Gasteiger partial charge in [-0.15, -0.1) is 0 Å². The van der Waals surface area contributed by atoms with Crippen molar-refractivity contribution in [1.82, 2.24) is 5.32 Å². The summed E-state index contributed by atoms with van der Waals surface area (Å²) in [6.07, 6.45) is 5.21. The molecule has 0 spiro atoms. The van der Waals surface area contributed by atoms with E-state index in [0.717, 1.165) is 32.2 Å². The monoisotopic (exact) mass is 261 g/mol. The molecule has 1 heterocycles. The molecule has 19 heavy (non-hydrogen) atoms. The summed E-state index contributed by atoms with van der Waals surface area (Å²) in [5.74, 6) is 1.06. The SMILES string of the molecule is F.O=C1CCC[C@H]2[C@H]3Cc4ccccc4[C@@]12CCN3. The molecule has 2 aliphatic carbocycles. The van der Waals surface area contributed by atoms with Crippen LogP contribution in [0.4, 0.5) is 4.70 Å². The van der Waals surface area contributed by atoms with Gasteiger partial charge in [-0.1, -0.05) is 24.3 Å². The standard InChI is InChI=1S/C16H19NO.FH/c18-15-7-3-6-13-14-10-11-4-1-2-5-12(11)16(13,15)8-9-17-14;/h1-2,4-5,13-14,17H,3,6-10H2;1H/t13-,14+,16+;/m0./s1. The third-order valence-electron chi connectivity index (χ3n) is 5.40. The summed E-state index contributed by atoms with van der Waals surface area (Å²) in [5.41, 5.74) is 2.63. The number of hydrogen-bond acceptors (Lipinski definition) is 2.